The van der Waals surface area contributed by atoms with E-state index in [-0.39, 0.29) is 11.6 Å². The summed E-state index contributed by atoms with van der Waals surface area (Å²) in [6.45, 7) is 2.00. The molecular weight excluding hydrogens is 320 g/mol. The van der Waals surface area contributed by atoms with Crippen molar-refractivity contribution in [1.29, 1.82) is 0 Å². The minimum Gasteiger partial charge on any atom is -0.359 e. The van der Waals surface area contributed by atoms with Gasteiger partial charge in [0.1, 0.15) is 10.3 Å². The van der Waals surface area contributed by atoms with Crippen LogP contribution in [0.15, 0.2) is 41.3 Å². The molecule has 3 aromatic rings. The second kappa shape index (κ2) is 5.05. The molecule has 1 aromatic carbocycles. The van der Waals surface area contributed by atoms with E-state index in [2.05, 4.69) is 36.2 Å². The highest BCUT2D eigenvalue weighted by molar-refractivity contribution is 9.10. The standard InChI is InChI=1S/C14H11BrN4O/c1-8-4-9-5-10(2-3-11(9)18-8)19-14(20)12-6-17-13(15)7-16-12/h2-7,18H,1H3,(H,19,20). The average molecular weight is 331 g/mol. The summed E-state index contributed by atoms with van der Waals surface area (Å²) in [6, 6.07) is 7.74. The maximum Gasteiger partial charge on any atom is 0.275 e. The van der Waals surface area contributed by atoms with Crippen molar-refractivity contribution in [2.45, 2.75) is 6.92 Å². The largest absolute Gasteiger partial charge is 0.359 e. The van der Waals surface area contributed by atoms with Crippen molar-refractivity contribution in [3.63, 3.8) is 0 Å². The molecule has 3 rings (SSSR count). The second-order valence-electron chi connectivity index (χ2n) is 4.43. The number of hydrogen-bond acceptors (Lipinski definition) is 3. The number of fused-ring (bicyclic) bond motifs is 1. The number of carbonyl (C=O) groups is 1. The van der Waals surface area contributed by atoms with Crippen LogP contribution in [0, 0.1) is 6.92 Å². The summed E-state index contributed by atoms with van der Waals surface area (Å²) in [5.41, 5.74) is 3.14. The topological polar surface area (TPSA) is 70.7 Å². The number of carbonyl (C=O) groups excluding carboxylic acids is 1. The highest BCUT2D eigenvalue weighted by Gasteiger charge is 2.08. The molecule has 0 saturated carbocycles. The Bertz CT molecular complexity index is 779. The van der Waals surface area contributed by atoms with Crippen LogP contribution in [-0.2, 0) is 0 Å². The number of anilines is 1. The van der Waals surface area contributed by atoms with Gasteiger partial charge < -0.3 is 10.3 Å². The minimum absolute atomic E-state index is 0.276. The first-order chi connectivity index (χ1) is 9.61. The van der Waals surface area contributed by atoms with E-state index in [4.69, 9.17) is 0 Å². The number of amides is 1. The van der Waals surface area contributed by atoms with Crippen molar-refractivity contribution < 1.29 is 4.79 Å². The second-order valence-corrected chi connectivity index (χ2v) is 5.25. The van der Waals surface area contributed by atoms with Crippen molar-refractivity contribution in [3.8, 4) is 0 Å². The van der Waals surface area contributed by atoms with Crippen LogP contribution in [-0.4, -0.2) is 20.9 Å². The number of aryl methyl sites for hydroxylation is 1. The van der Waals surface area contributed by atoms with Gasteiger partial charge in [0, 0.05) is 22.3 Å². The molecule has 0 aliphatic rings. The first-order valence-corrected chi connectivity index (χ1v) is 6.79. The number of rotatable bonds is 2. The zero-order chi connectivity index (χ0) is 14.1. The van der Waals surface area contributed by atoms with Crippen LogP contribution >= 0.6 is 15.9 Å². The molecule has 0 spiro atoms. The number of aromatic nitrogens is 3. The van der Waals surface area contributed by atoms with Crippen LogP contribution < -0.4 is 5.32 Å². The minimum atomic E-state index is -0.281. The molecule has 2 heterocycles. The Hall–Kier alpha value is -2.21. The summed E-state index contributed by atoms with van der Waals surface area (Å²) < 4.78 is 0.596. The molecule has 1 amide bonds. The van der Waals surface area contributed by atoms with E-state index in [0.29, 0.717) is 4.60 Å². The molecule has 0 saturated heterocycles. The molecule has 2 aromatic heterocycles. The molecule has 0 unspecified atom stereocenters. The SMILES string of the molecule is Cc1cc2cc(NC(=O)c3cnc(Br)cn3)ccc2[nH]1. The van der Waals surface area contributed by atoms with E-state index in [1.165, 1.54) is 12.4 Å². The van der Waals surface area contributed by atoms with Crippen LogP contribution in [0.2, 0.25) is 0 Å². The molecule has 20 heavy (non-hydrogen) atoms. The van der Waals surface area contributed by atoms with E-state index in [0.717, 1.165) is 22.3 Å². The smallest absolute Gasteiger partial charge is 0.275 e. The van der Waals surface area contributed by atoms with Gasteiger partial charge in [0.15, 0.2) is 0 Å². The summed E-state index contributed by atoms with van der Waals surface area (Å²) in [5.74, 6) is -0.281. The summed E-state index contributed by atoms with van der Waals surface area (Å²) in [7, 11) is 0. The number of aromatic amines is 1. The Morgan fingerprint density at radius 2 is 2.10 bits per heavy atom. The molecule has 0 atom stereocenters. The van der Waals surface area contributed by atoms with Gasteiger partial charge in [-0.15, -0.1) is 0 Å². The fraction of sp³-hybridized carbons (Fsp3) is 0.0714. The van der Waals surface area contributed by atoms with Crippen molar-refractivity contribution in [1.82, 2.24) is 15.0 Å². The molecule has 100 valence electrons. The molecule has 0 aliphatic heterocycles. The number of nitrogens with one attached hydrogen (secondary N) is 2. The summed E-state index contributed by atoms with van der Waals surface area (Å²) in [4.78, 5) is 23.3. The van der Waals surface area contributed by atoms with Gasteiger partial charge in [0.2, 0.25) is 0 Å². The Kier molecular flexibility index (Phi) is 3.23. The van der Waals surface area contributed by atoms with Gasteiger partial charge in [-0.2, -0.15) is 0 Å². The molecule has 0 radical (unpaired) electrons. The Morgan fingerprint density at radius 1 is 1.25 bits per heavy atom. The highest BCUT2D eigenvalue weighted by Crippen LogP contribution is 2.20. The van der Waals surface area contributed by atoms with E-state index >= 15 is 0 Å². The molecule has 2 N–H and O–H groups in total. The van der Waals surface area contributed by atoms with Crippen molar-refractivity contribution in [2.75, 3.05) is 5.32 Å². The molecule has 0 aliphatic carbocycles. The molecular formula is C14H11BrN4O. The van der Waals surface area contributed by atoms with Gasteiger partial charge in [-0.25, -0.2) is 9.97 Å². The average Bonchev–Trinajstić information content (AvgIpc) is 2.78. The maximum atomic E-state index is 12.0. The fourth-order valence-electron chi connectivity index (χ4n) is 1.98. The van der Waals surface area contributed by atoms with Crippen molar-refractivity contribution in [3.05, 3.63) is 52.7 Å². The first kappa shape index (κ1) is 12.8. The third-order valence-corrected chi connectivity index (χ3v) is 3.28. The molecule has 0 bridgehead atoms. The summed E-state index contributed by atoms with van der Waals surface area (Å²) in [6.07, 6.45) is 2.92. The fourth-order valence-corrected chi connectivity index (χ4v) is 2.18. The Labute approximate surface area is 123 Å². The third kappa shape index (κ3) is 2.55. The maximum absolute atomic E-state index is 12.0. The zero-order valence-electron chi connectivity index (χ0n) is 10.6. The number of nitrogens with zero attached hydrogens (tertiary/aromatic N) is 2. The van der Waals surface area contributed by atoms with Gasteiger partial charge in [0.05, 0.1) is 12.4 Å². The highest BCUT2D eigenvalue weighted by atomic mass is 79.9. The van der Waals surface area contributed by atoms with Crippen LogP contribution in [0.1, 0.15) is 16.2 Å². The predicted octanol–water partition coefficient (Wildman–Crippen LogP) is 3.28. The molecule has 0 fully saturated rings. The lowest BCUT2D eigenvalue weighted by atomic mass is 10.2. The van der Waals surface area contributed by atoms with Crippen LogP contribution in [0.3, 0.4) is 0 Å². The van der Waals surface area contributed by atoms with Crippen molar-refractivity contribution in [2.24, 2.45) is 0 Å². The first-order valence-electron chi connectivity index (χ1n) is 6.00. The summed E-state index contributed by atoms with van der Waals surface area (Å²) >= 11 is 3.18. The number of H-pyrrole nitrogens is 1. The van der Waals surface area contributed by atoms with Gasteiger partial charge in [-0.05, 0) is 47.1 Å². The van der Waals surface area contributed by atoms with Crippen LogP contribution in [0.4, 0.5) is 5.69 Å². The van der Waals surface area contributed by atoms with E-state index < -0.39 is 0 Å². The van der Waals surface area contributed by atoms with Gasteiger partial charge in [-0.1, -0.05) is 0 Å². The third-order valence-electron chi connectivity index (χ3n) is 2.87. The summed E-state index contributed by atoms with van der Waals surface area (Å²) in [5, 5.41) is 3.87. The van der Waals surface area contributed by atoms with Crippen LogP contribution in [0.25, 0.3) is 10.9 Å². The van der Waals surface area contributed by atoms with E-state index in [1.54, 1.807) is 0 Å². The quantitative estimate of drug-likeness (QED) is 0.757. The normalized spacial score (nSPS) is 10.7. The Balaban J connectivity index is 1.84. The number of benzene rings is 1. The van der Waals surface area contributed by atoms with Gasteiger partial charge in [-0.3, -0.25) is 4.79 Å². The van der Waals surface area contributed by atoms with Gasteiger partial charge in [0.25, 0.3) is 5.91 Å². The predicted molar refractivity (Wildman–Crippen MR) is 80.7 cm³/mol. The lowest BCUT2D eigenvalue weighted by molar-refractivity contribution is 0.102. The van der Waals surface area contributed by atoms with Crippen molar-refractivity contribution >= 4 is 38.4 Å². The van der Waals surface area contributed by atoms with Crippen LogP contribution in [0.5, 0.6) is 0 Å². The monoisotopic (exact) mass is 330 g/mol. The number of halogens is 1. The van der Waals surface area contributed by atoms with E-state index in [1.807, 2.05) is 31.2 Å². The zero-order valence-corrected chi connectivity index (χ0v) is 12.2. The lowest BCUT2D eigenvalue weighted by Gasteiger charge is -2.04. The molecule has 5 nitrogen and oxygen atoms in total. The number of hydrogen-bond donors (Lipinski definition) is 2. The Morgan fingerprint density at radius 3 is 2.85 bits per heavy atom. The van der Waals surface area contributed by atoms with E-state index in [9.17, 15) is 4.79 Å². The molecule has 6 heteroatoms. The van der Waals surface area contributed by atoms with Gasteiger partial charge >= 0.3 is 0 Å². The lowest BCUT2D eigenvalue weighted by Crippen LogP contribution is -2.13.